The van der Waals surface area contributed by atoms with Gasteiger partial charge in [0.15, 0.2) is 6.10 Å². The van der Waals surface area contributed by atoms with Crippen LogP contribution in [-0.2, 0) is 4.79 Å². The fourth-order valence-corrected chi connectivity index (χ4v) is 1.20. The lowest BCUT2D eigenvalue weighted by molar-refractivity contribution is -0.124. The SMILES string of the molecule is CCC(Oc1ccc(F)c(C)c1)C(N)=O. The molecule has 4 heteroatoms. The summed E-state index contributed by atoms with van der Waals surface area (Å²) in [4.78, 5) is 10.9. The number of ether oxygens (including phenoxy) is 1. The van der Waals surface area contributed by atoms with Crippen LogP contribution >= 0.6 is 0 Å². The molecule has 1 unspecified atom stereocenters. The van der Waals surface area contributed by atoms with Gasteiger partial charge < -0.3 is 10.5 Å². The van der Waals surface area contributed by atoms with Gasteiger partial charge in [0.2, 0.25) is 0 Å². The van der Waals surface area contributed by atoms with Gasteiger partial charge >= 0.3 is 0 Å². The minimum Gasteiger partial charge on any atom is -0.481 e. The zero-order valence-corrected chi connectivity index (χ0v) is 8.79. The minimum atomic E-state index is -0.658. The maximum Gasteiger partial charge on any atom is 0.258 e. The van der Waals surface area contributed by atoms with Crippen molar-refractivity contribution in [3.63, 3.8) is 0 Å². The van der Waals surface area contributed by atoms with E-state index in [0.29, 0.717) is 17.7 Å². The van der Waals surface area contributed by atoms with Crippen LogP contribution in [0.3, 0.4) is 0 Å². The summed E-state index contributed by atoms with van der Waals surface area (Å²) >= 11 is 0. The van der Waals surface area contributed by atoms with Crippen molar-refractivity contribution in [2.45, 2.75) is 26.4 Å². The summed E-state index contributed by atoms with van der Waals surface area (Å²) in [7, 11) is 0. The van der Waals surface area contributed by atoms with Crippen LogP contribution in [0.1, 0.15) is 18.9 Å². The molecule has 0 bridgehead atoms. The molecule has 0 heterocycles. The molecule has 0 aliphatic carbocycles. The Hall–Kier alpha value is -1.58. The number of benzene rings is 1. The van der Waals surface area contributed by atoms with Crippen molar-refractivity contribution in [1.82, 2.24) is 0 Å². The van der Waals surface area contributed by atoms with Gasteiger partial charge in [-0.1, -0.05) is 6.92 Å². The number of hydrogen-bond acceptors (Lipinski definition) is 2. The van der Waals surface area contributed by atoms with E-state index in [4.69, 9.17) is 10.5 Å². The number of hydrogen-bond donors (Lipinski definition) is 1. The maximum absolute atomic E-state index is 12.9. The van der Waals surface area contributed by atoms with Crippen molar-refractivity contribution in [3.05, 3.63) is 29.6 Å². The van der Waals surface area contributed by atoms with Crippen LogP contribution in [0, 0.1) is 12.7 Å². The summed E-state index contributed by atoms with van der Waals surface area (Å²) in [6, 6.07) is 4.33. The largest absolute Gasteiger partial charge is 0.481 e. The minimum absolute atomic E-state index is 0.297. The van der Waals surface area contributed by atoms with Gasteiger partial charge in [0, 0.05) is 0 Å². The summed E-state index contributed by atoms with van der Waals surface area (Å²) in [5.74, 6) is -0.353. The second kappa shape index (κ2) is 4.77. The highest BCUT2D eigenvalue weighted by Crippen LogP contribution is 2.17. The molecule has 0 aliphatic rings. The van der Waals surface area contributed by atoms with E-state index in [1.165, 1.54) is 12.1 Å². The van der Waals surface area contributed by atoms with Gasteiger partial charge in [0.25, 0.3) is 5.91 Å². The van der Waals surface area contributed by atoms with Gasteiger partial charge in [0.1, 0.15) is 11.6 Å². The summed E-state index contributed by atoms with van der Waals surface area (Å²) in [6.07, 6.45) is -0.166. The molecule has 1 amide bonds. The van der Waals surface area contributed by atoms with Crippen molar-refractivity contribution in [3.8, 4) is 5.75 Å². The van der Waals surface area contributed by atoms with Crippen molar-refractivity contribution < 1.29 is 13.9 Å². The third-order valence-corrected chi connectivity index (χ3v) is 2.10. The van der Waals surface area contributed by atoms with Crippen molar-refractivity contribution in [2.75, 3.05) is 0 Å². The quantitative estimate of drug-likeness (QED) is 0.825. The second-order valence-electron chi connectivity index (χ2n) is 3.33. The average molecular weight is 211 g/mol. The number of halogens is 1. The van der Waals surface area contributed by atoms with Gasteiger partial charge in [-0.2, -0.15) is 0 Å². The predicted molar refractivity (Wildman–Crippen MR) is 55.0 cm³/mol. The molecule has 2 N–H and O–H groups in total. The number of amides is 1. The Balaban J connectivity index is 2.80. The summed E-state index contributed by atoms with van der Waals surface area (Å²) in [5, 5.41) is 0. The number of carbonyl (C=O) groups excluding carboxylic acids is 1. The van der Waals surface area contributed by atoms with E-state index in [1.807, 2.05) is 0 Å². The molecule has 1 atom stereocenters. The number of nitrogens with two attached hydrogens (primary N) is 1. The Kier molecular flexibility index (Phi) is 3.66. The monoisotopic (exact) mass is 211 g/mol. The Bertz CT molecular complexity index is 366. The summed E-state index contributed by atoms with van der Waals surface area (Å²) in [6.45, 7) is 3.43. The third-order valence-electron chi connectivity index (χ3n) is 2.10. The van der Waals surface area contributed by atoms with Gasteiger partial charge in [-0.25, -0.2) is 4.39 Å². The van der Waals surface area contributed by atoms with Gasteiger partial charge in [-0.05, 0) is 37.1 Å². The average Bonchev–Trinajstić information content (AvgIpc) is 2.19. The molecule has 0 spiro atoms. The lowest BCUT2D eigenvalue weighted by Crippen LogP contribution is -2.32. The van der Waals surface area contributed by atoms with Crippen LogP contribution in [0.4, 0.5) is 4.39 Å². The molecule has 82 valence electrons. The number of rotatable bonds is 4. The van der Waals surface area contributed by atoms with E-state index in [1.54, 1.807) is 19.9 Å². The molecule has 0 aromatic heterocycles. The molecule has 1 rings (SSSR count). The second-order valence-corrected chi connectivity index (χ2v) is 3.33. The maximum atomic E-state index is 12.9. The highest BCUT2D eigenvalue weighted by Gasteiger charge is 2.14. The lowest BCUT2D eigenvalue weighted by atomic mass is 10.2. The number of carbonyl (C=O) groups is 1. The fraction of sp³-hybridized carbons (Fsp3) is 0.364. The highest BCUT2D eigenvalue weighted by atomic mass is 19.1. The Morgan fingerprint density at radius 2 is 2.27 bits per heavy atom. The molecule has 1 aromatic carbocycles. The first-order chi connectivity index (χ1) is 7.04. The standard InChI is InChI=1S/C11H14FNO2/c1-3-10(11(13)14)15-8-4-5-9(12)7(2)6-8/h4-6,10H,3H2,1-2H3,(H2,13,14). The molecule has 3 nitrogen and oxygen atoms in total. The van der Waals surface area contributed by atoms with Crippen LogP contribution in [0.15, 0.2) is 18.2 Å². The molecule has 0 saturated heterocycles. The molecule has 0 saturated carbocycles. The zero-order valence-electron chi connectivity index (χ0n) is 8.79. The van der Waals surface area contributed by atoms with E-state index in [0.717, 1.165) is 0 Å². The number of primary amides is 1. The van der Waals surface area contributed by atoms with E-state index in [-0.39, 0.29) is 5.82 Å². The lowest BCUT2D eigenvalue weighted by Gasteiger charge is -2.14. The zero-order chi connectivity index (χ0) is 11.4. The smallest absolute Gasteiger partial charge is 0.258 e. The topological polar surface area (TPSA) is 52.3 Å². The van der Waals surface area contributed by atoms with Gasteiger partial charge in [-0.3, -0.25) is 4.79 Å². The van der Waals surface area contributed by atoms with Crippen LogP contribution < -0.4 is 10.5 Å². The van der Waals surface area contributed by atoms with Gasteiger partial charge in [-0.15, -0.1) is 0 Å². The molecule has 0 fully saturated rings. The predicted octanol–water partition coefficient (Wildman–Crippen LogP) is 1.78. The van der Waals surface area contributed by atoms with E-state index in [9.17, 15) is 9.18 Å². The van der Waals surface area contributed by atoms with Crippen molar-refractivity contribution >= 4 is 5.91 Å². The van der Waals surface area contributed by atoms with Crippen LogP contribution in [0.25, 0.3) is 0 Å². The molecule has 15 heavy (non-hydrogen) atoms. The van der Waals surface area contributed by atoms with Crippen molar-refractivity contribution in [1.29, 1.82) is 0 Å². The fourth-order valence-electron chi connectivity index (χ4n) is 1.20. The Labute approximate surface area is 88.0 Å². The Morgan fingerprint density at radius 1 is 1.60 bits per heavy atom. The van der Waals surface area contributed by atoms with Crippen LogP contribution in [0.5, 0.6) is 5.75 Å². The highest BCUT2D eigenvalue weighted by molar-refractivity contribution is 5.79. The van der Waals surface area contributed by atoms with Crippen LogP contribution in [-0.4, -0.2) is 12.0 Å². The summed E-state index contributed by atoms with van der Waals surface area (Å²) < 4.78 is 18.2. The molecular formula is C11H14FNO2. The van der Waals surface area contributed by atoms with E-state index < -0.39 is 12.0 Å². The molecule has 0 aliphatic heterocycles. The third kappa shape index (κ3) is 2.94. The molecule has 0 radical (unpaired) electrons. The van der Waals surface area contributed by atoms with Crippen molar-refractivity contribution in [2.24, 2.45) is 5.73 Å². The number of aryl methyl sites for hydroxylation is 1. The first kappa shape index (κ1) is 11.5. The van der Waals surface area contributed by atoms with E-state index in [2.05, 4.69) is 0 Å². The van der Waals surface area contributed by atoms with E-state index >= 15 is 0 Å². The van der Waals surface area contributed by atoms with Crippen LogP contribution in [0.2, 0.25) is 0 Å². The summed E-state index contributed by atoms with van der Waals surface area (Å²) in [5.41, 5.74) is 5.60. The normalized spacial score (nSPS) is 12.2. The first-order valence-corrected chi connectivity index (χ1v) is 4.76. The first-order valence-electron chi connectivity index (χ1n) is 4.76. The van der Waals surface area contributed by atoms with Gasteiger partial charge in [0.05, 0.1) is 0 Å². The Morgan fingerprint density at radius 3 is 2.73 bits per heavy atom. The molecular weight excluding hydrogens is 197 g/mol. The molecule has 1 aromatic rings.